The SMILES string of the molecule is CC(CNS(=O)(=O)c1c(N)nc2sccn12)c1nccs1. The number of fused-ring (bicyclic) bond motifs is 1. The van der Waals surface area contributed by atoms with Crippen molar-refractivity contribution in [1.29, 1.82) is 0 Å². The van der Waals surface area contributed by atoms with Gasteiger partial charge in [0.1, 0.15) is 0 Å². The summed E-state index contributed by atoms with van der Waals surface area (Å²) in [5, 5.41) is 4.51. The minimum Gasteiger partial charge on any atom is -0.381 e. The summed E-state index contributed by atoms with van der Waals surface area (Å²) in [7, 11) is -3.72. The van der Waals surface area contributed by atoms with Gasteiger partial charge in [-0.25, -0.2) is 23.1 Å². The first-order valence-corrected chi connectivity index (χ1v) is 9.33. The largest absolute Gasteiger partial charge is 0.381 e. The van der Waals surface area contributed by atoms with E-state index < -0.39 is 10.0 Å². The number of nitrogens with two attached hydrogens (primary N) is 1. The molecule has 0 aliphatic heterocycles. The molecule has 0 aliphatic rings. The predicted octanol–water partition coefficient (Wildman–Crippen LogP) is 1.52. The van der Waals surface area contributed by atoms with Crippen molar-refractivity contribution in [2.45, 2.75) is 17.9 Å². The van der Waals surface area contributed by atoms with Crippen LogP contribution in [0.4, 0.5) is 5.82 Å². The van der Waals surface area contributed by atoms with E-state index >= 15 is 0 Å². The number of thiazole rings is 2. The number of nitrogen functional groups attached to an aromatic ring is 1. The molecule has 112 valence electrons. The summed E-state index contributed by atoms with van der Waals surface area (Å²) >= 11 is 2.83. The number of hydrogen-bond acceptors (Lipinski definition) is 7. The third kappa shape index (κ3) is 2.67. The Hall–Kier alpha value is -1.49. The topological polar surface area (TPSA) is 102 Å². The van der Waals surface area contributed by atoms with Gasteiger partial charge in [-0.1, -0.05) is 6.92 Å². The molecule has 3 heterocycles. The summed E-state index contributed by atoms with van der Waals surface area (Å²) in [6.07, 6.45) is 3.34. The van der Waals surface area contributed by atoms with E-state index in [0.29, 0.717) is 4.96 Å². The lowest BCUT2D eigenvalue weighted by molar-refractivity contribution is 0.570. The zero-order chi connectivity index (χ0) is 15.0. The van der Waals surface area contributed by atoms with Crippen LogP contribution < -0.4 is 10.5 Å². The molecule has 0 spiro atoms. The highest BCUT2D eigenvalue weighted by Gasteiger charge is 2.25. The van der Waals surface area contributed by atoms with Crippen LogP contribution in [-0.2, 0) is 10.0 Å². The normalized spacial score (nSPS) is 13.8. The molecule has 0 radical (unpaired) electrons. The van der Waals surface area contributed by atoms with Gasteiger partial charge in [0.15, 0.2) is 15.8 Å². The van der Waals surface area contributed by atoms with Crippen LogP contribution in [0, 0.1) is 0 Å². The molecule has 21 heavy (non-hydrogen) atoms. The van der Waals surface area contributed by atoms with Gasteiger partial charge >= 0.3 is 0 Å². The van der Waals surface area contributed by atoms with Crippen molar-refractivity contribution >= 4 is 43.5 Å². The second-order valence-electron chi connectivity index (χ2n) is 4.48. The van der Waals surface area contributed by atoms with Gasteiger partial charge in [-0.15, -0.1) is 22.7 Å². The summed E-state index contributed by atoms with van der Waals surface area (Å²) < 4.78 is 28.9. The van der Waals surface area contributed by atoms with Crippen LogP contribution in [0.2, 0.25) is 0 Å². The first-order chi connectivity index (χ1) is 9.99. The Morgan fingerprint density at radius 2 is 2.24 bits per heavy atom. The summed E-state index contributed by atoms with van der Waals surface area (Å²) in [4.78, 5) is 8.78. The maximum atomic E-state index is 12.4. The highest BCUT2D eigenvalue weighted by Crippen LogP contribution is 2.24. The van der Waals surface area contributed by atoms with Crippen molar-refractivity contribution in [3.05, 3.63) is 28.2 Å². The molecule has 0 saturated carbocycles. The fourth-order valence-electron chi connectivity index (χ4n) is 1.92. The van der Waals surface area contributed by atoms with Gasteiger partial charge in [0, 0.05) is 35.6 Å². The van der Waals surface area contributed by atoms with E-state index in [2.05, 4.69) is 14.7 Å². The molecule has 3 N–H and O–H groups in total. The highest BCUT2D eigenvalue weighted by molar-refractivity contribution is 7.89. The lowest BCUT2D eigenvalue weighted by Gasteiger charge is -2.10. The Balaban J connectivity index is 1.84. The molecule has 0 saturated heterocycles. The van der Waals surface area contributed by atoms with Crippen molar-refractivity contribution in [3.63, 3.8) is 0 Å². The van der Waals surface area contributed by atoms with Crippen LogP contribution in [0.5, 0.6) is 0 Å². The zero-order valence-corrected chi connectivity index (χ0v) is 13.5. The maximum absolute atomic E-state index is 12.4. The second-order valence-corrected chi connectivity index (χ2v) is 7.96. The fourth-order valence-corrected chi connectivity index (χ4v) is 4.73. The van der Waals surface area contributed by atoms with Gasteiger partial charge in [0.2, 0.25) is 0 Å². The first-order valence-electron chi connectivity index (χ1n) is 6.09. The maximum Gasteiger partial charge on any atom is 0.260 e. The molecular weight excluding hydrogens is 330 g/mol. The van der Waals surface area contributed by atoms with Gasteiger partial charge in [0.25, 0.3) is 10.0 Å². The van der Waals surface area contributed by atoms with Crippen LogP contribution in [0.1, 0.15) is 17.8 Å². The van der Waals surface area contributed by atoms with E-state index in [1.165, 1.54) is 27.1 Å². The molecule has 3 rings (SSSR count). The van der Waals surface area contributed by atoms with E-state index in [1.54, 1.807) is 17.8 Å². The van der Waals surface area contributed by atoms with Crippen molar-refractivity contribution in [3.8, 4) is 0 Å². The van der Waals surface area contributed by atoms with Crippen LogP contribution >= 0.6 is 22.7 Å². The van der Waals surface area contributed by atoms with Crippen molar-refractivity contribution in [1.82, 2.24) is 19.1 Å². The molecule has 0 aliphatic carbocycles. The van der Waals surface area contributed by atoms with Crippen LogP contribution in [0.15, 0.2) is 28.2 Å². The quantitative estimate of drug-likeness (QED) is 0.731. The standard InChI is InChI=1S/C11H13N5O2S3/c1-7(9-13-2-4-19-9)6-14-21(17,18)10-8(12)15-11-16(10)3-5-20-11/h2-5,7,14H,6,12H2,1H3. The predicted molar refractivity (Wildman–Crippen MR) is 83.2 cm³/mol. The van der Waals surface area contributed by atoms with Crippen LogP contribution in [0.25, 0.3) is 4.96 Å². The molecule has 3 aromatic heterocycles. The monoisotopic (exact) mass is 343 g/mol. The number of nitrogens with zero attached hydrogens (tertiary/aromatic N) is 3. The molecule has 1 atom stereocenters. The van der Waals surface area contributed by atoms with E-state index in [9.17, 15) is 8.42 Å². The van der Waals surface area contributed by atoms with Gasteiger partial charge in [-0.3, -0.25) is 4.40 Å². The Morgan fingerprint density at radius 3 is 2.95 bits per heavy atom. The van der Waals surface area contributed by atoms with Gasteiger partial charge < -0.3 is 5.73 Å². The lowest BCUT2D eigenvalue weighted by Crippen LogP contribution is -2.29. The third-order valence-electron chi connectivity index (χ3n) is 2.95. The summed E-state index contributed by atoms with van der Waals surface area (Å²) in [5.41, 5.74) is 5.73. The zero-order valence-electron chi connectivity index (χ0n) is 11.1. The molecule has 0 amide bonds. The Morgan fingerprint density at radius 1 is 1.43 bits per heavy atom. The highest BCUT2D eigenvalue weighted by atomic mass is 32.2. The number of nitrogens with one attached hydrogen (secondary N) is 1. The number of hydrogen-bond donors (Lipinski definition) is 2. The first kappa shape index (κ1) is 14.4. The van der Waals surface area contributed by atoms with E-state index in [0.717, 1.165) is 5.01 Å². The lowest BCUT2D eigenvalue weighted by atomic mass is 10.2. The van der Waals surface area contributed by atoms with E-state index in [-0.39, 0.29) is 23.3 Å². The Labute approximate surface area is 129 Å². The van der Waals surface area contributed by atoms with E-state index in [1.807, 2.05) is 12.3 Å². The number of sulfonamides is 1. The second kappa shape index (κ2) is 5.37. The van der Waals surface area contributed by atoms with Crippen LogP contribution in [-0.4, -0.2) is 29.3 Å². The summed E-state index contributed by atoms with van der Waals surface area (Å²) in [6, 6.07) is 0. The average Bonchev–Trinajstić information content (AvgIpc) is 3.10. The molecule has 10 heteroatoms. The number of imidazole rings is 1. The average molecular weight is 343 g/mol. The molecule has 7 nitrogen and oxygen atoms in total. The van der Waals surface area contributed by atoms with Gasteiger partial charge in [0.05, 0.1) is 5.01 Å². The molecule has 0 bridgehead atoms. The summed E-state index contributed by atoms with van der Waals surface area (Å²) in [5.74, 6) is 0.00291. The van der Waals surface area contributed by atoms with Gasteiger partial charge in [-0.05, 0) is 0 Å². The van der Waals surface area contributed by atoms with Crippen molar-refractivity contribution < 1.29 is 8.42 Å². The fraction of sp³-hybridized carbons (Fsp3) is 0.273. The molecule has 0 fully saturated rings. The molecule has 3 aromatic rings. The van der Waals surface area contributed by atoms with Crippen molar-refractivity contribution in [2.24, 2.45) is 0 Å². The third-order valence-corrected chi connectivity index (χ3v) is 6.18. The van der Waals surface area contributed by atoms with Crippen LogP contribution in [0.3, 0.4) is 0 Å². The molecule has 1 unspecified atom stereocenters. The summed E-state index contributed by atoms with van der Waals surface area (Å²) in [6.45, 7) is 2.17. The Kier molecular flexibility index (Phi) is 3.69. The molecular formula is C11H13N5O2S3. The van der Waals surface area contributed by atoms with Gasteiger partial charge in [-0.2, -0.15) is 0 Å². The minimum atomic E-state index is -3.72. The number of anilines is 1. The minimum absolute atomic E-state index is 0.00751. The molecule has 0 aromatic carbocycles. The number of aromatic nitrogens is 3. The number of rotatable bonds is 5. The smallest absolute Gasteiger partial charge is 0.260 e. The van der Waals surface area contributed by atoms with E-state index in [4.69, 9.17) is 5.73 Å². The van der Waals surface area contributed by atoms with Crippen molar-refractivity contribution in [2.75, 3.05) is 12.3 Å². The Bertz CT molecular complexity index is 850.